The van der Waals surface area contributed by atoms with Crippen LogP contribution in [0.1, 0.15) is 5.56 Å². The van der Waals surface area contributed by atoms with E-state index >= 15 is 0 Å². The maximum Gasteiger partial charge on any atom is 0.203 e. The Morgan fingerprint density at radius 1 is 0.720 bits per heavy atom. The molecule has 4 rings (SSSR count). The number of rotatable bonds is 4. The Kier molecular flexibility index (Phi) is 4.27. The van der Waals surface area contributed by atoms with Crippen LogP contribution in [0.3, 0.4) is 0 Å². The molecule has 4 aromatic rings. The van der Waals surface area contributed by atoms with Gasteiger partial charge in [0.05, 0.1) is 6.54 Å². The van der Waals surface area contributed by atoms with Gasteiger partial charge in [-0.1, -0.05) is 78.9 Å². The minimum Gasteiger partial charge on any atom is -0.268 e. The highest BCUT2D eigenvalue weighted by molar-refractivity contribution is 7.71. The molecule has 0 fully saturated rings. The summed E-state index contributed by atoms with van der Waals surface area (Å²) in [5, 5.41) is 4.83. The van der Waals surface area contributed by atoms with Gasteiger partial charge in [-0.2, -0.15) is 5.10 Å². The first-order chi connectivity index (χ1) is 12.3. The lowest BCUT2D eigenvalue weighted by Crippen LogP contribution is -2.02. The molecule has 0 saturated carbocycles. The Labute approximate surface area is 151 Å². The van der Waals surface area contributed by atoms with Crippen molar-refractivity contribution in [3.63, 3.8) is 0 Å². The Hall–Kier alpha value is -2.98. The van der Waals surface area contributed by atoms with E-state index in [0.29, 0.717) is 11.3 Å². The minimum absolute atomic E-state index is 0.652. The standard InChI is InChI=1S/C21H17N3S/c25-21-23(16-17-10-4-1-5-11-17)22-20(18-12-6-2-7-13-18)24(21)19-14-8-3-9-15-19/h1-15H,16H2. The van der Waals surface area contributed by atoms with E-state index in [-0.39, 0.29) is 0 Å². The summed E-state index contributed by atoms with van der Waals surface area (Å²) < 4.78 is 4.61. The number of para-hydroxylation sites is 1. The molecule has 4 heteroatoms. The van der Waals surface area contributed by atoms with Crippen molar-refractivity contribution >= 4 is 12.2 Å². The van der Waals surface area contributed by atoms with Crippen LogP contribution in [-0.4, -0.2) is 14.3 Å². The minimum atomic E-state index is 0.652. The molecular formula is C21H17N3S. The Morgan fingerprint density at radius 3 is 1.92 bits per heavy atom. The van der Waals surface area contributed by atoms with Gasteiger partial charge < -0.3 is 0 Å². The third-order valence-corrected chi connectivity index (χ3v) is 4.45. The zero-order valence-corrected chi connectivity index (χ0v) is 14.4. The van der Waals surface area contributed by atoms with E-state index in [9.17, 15) is 0 Å². The molecule has 122 valence electrons. The summed E-state index contributed by atoms with van der Waals surface area (Å²) in [6, 6.07) is 30.6. The van der Waals surface area contributed by atoms with Crippen molar-refractivity contribution in [1.82, 2.24) is 14.3 Å². The van der Waals surface area contributed by atoms with Crippen LogP contribution in [0, 0.1) is 4.77 Å². The van der Waals surface area contributed by atoms with E-state index in [2.05, 4.69) is 36.4 Å². The van der Waals surface area contributed by atoms with E-state index in [1.165, 1.54) is 5.56 Å². The van der Waals surface area contributed by atoms with Crippen LogP contribution in [0.4, 0.5) is 0 Å². The summed E-state index contributed by atoms with van der Waals surface area (Å²) in [5.41, 5.74) is 3.24. The molecule has 0 amide bonds. The highest BCUT2D eigenvalue weighted by Crippen LogP contribution is 2.22. The predicted molar refractivity (Wildman–Crippen MR) is 103 cm³/mol. The van der Waals surface area contributed by atoms with Crippen molar-refractivity contribution in [3.05, 3.63) is 101 Å². The van der Waals surface area contributed by atoms with Crippen LogP contribution >= 0.6 is 12.2 Å². The molecule has 1 aromatic heterocycles. The lowest BCUT2D eigenvalue weighted by molar-refractivity contribution is 0.673. The van der Waals surface area contributed by atoms with Crippen LogP contribution in [0.2, 0.25) is 0 Å². The lowest BCUT2D eigenvalue weighted by atomic mass is 10.2. The van der Waals surface area contributed by atoms with Gasteiger partial charge in [0.15, 0.2) is 5.82 Å². The smallest absolute Gasteiger partial charge is 0.203 e. The molecule has 0 bridgehead atoms. The number of nitrogens with zero attached hydrogens (tertiary/aromatic N) is 3. The van der Waals surface area contributed by atoms with Crippen LogP contribution in [-0.2, 0) is 6.54 Å². The molecule has 1 heterocycles. The average Bonchev–Trinajstić information content (AvgIpc) is 3.00. The fourth-order valence-electron chi connectivity index (χ4n) is 2.85. The van der Waals surface area contributed by atoms with Gasteiger partial charge in [0.25, 0.3) is 0 Å². The molecule has 0 unspecified atom stereocenters. The van der Waals surface area contributed by atoms with Crippen molar-refractivity contribution in [3.8, 4) is 17.1 Å². The van der Waals surface area contributed by atoms with Gasteiger partial charge >= 0.3 is 0 Å². The number of hydrogen-bond donors (Lipinski definition) is 0. The fourth-order valence-corrected chi connectivity index (χ4v) is 3.15. The maximum absolute atomic E-state index is 5.76. The summed E-state index contributed by atoms with van der Waals surface area (Å²) in [6.07, 6.45) is 0. The quantitative estimate of drug-likeness (QED) is 0.480. The molecule has 0 spiro atoms. The SMILES string of the molecule is S=c1n(Cc2ccccc2)nc(-c2ccccc2)n1-c1ccccc1. The fraction of sp³-hybridized carbons (Fsp3) is 0.0476. The van der Waals surface area contributed by atoms with Crippen molar-refractivity contribution in [1.29, 1.82) is 0 Å². The van der Waals surface area contributed by atoms with Gasteiger partial charge in [0, 0.05) is 11.3 Å². The van der Waals surface area contributed by atoms with Crippen LogP contribution < -0.4 is 0 Å². The topological polar surface area (TPSA) is 22.8 Å². The van der Waals surface area contributed by atoms with E-state index in [1.807, 2.05) is 63.8 Å². The monoisotopic (exact) mass is 343 g/mol. The van der Waals surface area contributed by atoms with Gasteiger partial charge in [0.1, 0.15) is 0 Å². The van der Waals surface area contributed by atoms with Crippen molar-refractivity contribution in [2.24, 2.45) is 0 Å². The lowest BCUT2D eigenvalue weighted by Gasteiger charge is -2.06. The normalized spacial score (nSPS) is 10.7. The summed E-state index contributed by atoms with van der Waals surface area (Å²) in [6.45, 7) is 0.652. The number of benzene rings is 3. The van der Waals surface area contributed by atoms with Gasteiger partial charge in [0.2, 0.25) is 4.77 Å². The Morgan fingerprint density at radius 2 is 1.28 bits per heavy atom. The van der Waals surface area contributed by atoms with Gasteiger partial charge in [-0.15, -0.1) is 0 Å². The number of hydrogen-bond acceptors (Lipinski definition) is 2. The zero-order valence-electron chi connectivity index (χ0n) is 13.6. The average molecular weight is 343 g/mol. The molecular weight excluding hydrogens is 326 g/mol. The third-order valence-electron chi connectivity index (χ3n) is 4.06. The highest BCUT2D eigenvalue weighted by atomic mass is 32.1. The van der Waals surface area contributed by atoms with E-state index in [1.54, 1.807) is 0 Å². The molecule has 0 radical (unpaired) electrons. The molecule has 0 aliphatic carbocycles. The summed E-state index contributed by atoms with van der Waals surface area (Å²) in [5.74, 6) is 0.854. The van der Waals surface area contributed by atoms with Crippen LogP contribution in [0.25, 0.3) is 17.1 Å². The van der Waals surface area contributed by atoms with Gasteiger partial charge in [-0.25, -0.2) is 4.68 Å². The molecule has 3 aromatic carbocycles. The molecule has 25 heavy (non-hydrogen) atoms. The van der Waals surface area contributed by atoms with Crippen LogP contribution in [0.15, 0.2) is 91.0 Å². The first kappa shape index (κ1) is 15.5. The largest absolute Gasteiger partial charge is 0.268 e. The predicted octanol–water partition coefficient (Wildman–Crippen LogP) is 5.12. The summed E-state index contributed by atoms with van der Waals surface area (Å²) in [4.78, 5) is 0. The van der Waals surface area contributed by atoms with Crippen molar-refractivity contribution in [2.75, 3.05) is 0 Å². The highest BCUT2D eigenvalue weighted by Gasteiger charge is 2.14. The summed E-state index contributed by atoms with van der Waals surface area (Å²) in [7, 11) is 0. The molecule has 0 saturated heterocycles. The molecule has 0 N–H and O–H groups in total. The third kappa shape index (κ3) is 3.16. The molecule has 3 nitrogen and oxygen atoms in total. The van der Waals surface area contributed by atoms with Gasteiger partial charge in [-0.3, -0.25) is 4.57 Å². The van der Waals surface area contributed by atoms with Crippen molar-refractivity contribution in [2.45, 2.75) is 6.54 Å². The number of aromatic nitrogens is 3. The molecule has 0 aliphatic rings. The Bertz CT molecular complexity index is 1020. The first-order valence-corrected chi connectivity index (χ1v) is 8.58. The second-order valence-corrected chi connectivity index (χ2v) is 6.15. The molecule has 0 atom stereocenters. The van der Waals surface area contributed by atoms with E-state index < -0.39 is 0 Å². The zero-order chi connectivity index (χ0) is 17.1. The van der Waals surface area contributed by atoms with Crippen molar-refractivity contribution < 1.29 is 0 Å². The van der Waals surface area contributed by atoms with Crippen LogP contribution in [0.5, 0.6) is 0 Å². The van der Waals surface area contributed by atoms with Gasteiger partial charge in [-0.05, 0) is 29.9 Å². The second kappa shape index (κ2) is 6.87. The van der Waals surface area contributed by atoms with E-state index in [4.69, 9.17) is 17.3 Å². The summed E-state index contributed by atoms with van der Waals surface area (Å²) >= 11 is 5.76. The second-order valence-electron chi connectivity index (χ2n) is 5.79. The Balaban J connectivity index is 1.88. The van der Waals surface area contributed by atoms with E-state index in [0.717, 1.165) is 17.1 Å². The first-order valence-electron chi connectivity index (χ1n) is 8.17. The maximum atomic E-state index is 5.76. The molecule has 0 aliphatic heterocycles.